The molecule has 0 aromatic heterocycles. The largest absolute Gasteiger partial charge is 0.312 e. The first-order valence-electron chi connectivity index (χ1n) is 9.04. The fourth-order valence-corrected chi connectivity index (χ4v) is 3.04. The van der Waals surface area contributed by atoms with Gasteiger partial charge in [0, 0.05) is 24.2 Å². The van der Waals surface area contributed by atoms with Crippen LogP contribution in [0.5, 0.6) is 0 Å². The molecule has 2 aromatic rings. The number of hydrogen-bond donors (Lipinski definition) is 2. The van der Waals surface area contributed by atoms with Crippen LogP contribution in [0, 0.1) is 12.8 Å². The summed E-state index contributed by atoms with van der Waals surface area (Å²) in [6, 6.07) is 14.8. The first-order valence-corrected chi connectivity index (χ1v) is 9.04. The summed E-state index contributed by atoms with van der Waals surface area (Å²) in [6.45, 7) is 4.32. The van der Waals surface area contributed by atoms with Gasteiger partial charge in [0.15, 0.2) is 0 Å². The van der Waals surface area contributed by atoms with Gasteiger partial charge in [-0.15, -0.1) is 0 Å². The Morgan fingerprint density at radius 2 is 1.70 bits per heavy atom. The highest BCUT2D eigenvalue weighted by atomic mass is 16.2. The third-order valence-corrected chi connectivity index (χ3v) is 4.77. The summed E-state index contributed by atoms with van der Waals surface area (Å²) < 4.78 is 0. The summed E-state index contributed by atoms with van der Waals surface area (Å²) in [6.07, 6.45) is 1.02. The molecule has 0 saturated carbocycles. The maximum Gasteiger partial charge on any atom is 0.269 e. The Morgan fingerprint density at radius 1 is 1.04 bits per heavy atom. The number of hydrazine groups is 1. The monoisotopic (exact) mass is 365 g/mol. The maximum absolute atomic E-state index is 12.4. The molecule has 0 bridgehead atoms. The number of nitrogens with zero attached hydrogens (tertiary/aromatic N) is 1. The minimum absolute atomic E-state index is 0.0968. The van der Waals surface area contributed by atoms with Crippen molar-refractivity contribution in [2.75, 3.05) is 11.4 Å². The van der Waals surface area contributed by atoms with Crippen molar-refractivity contribution in [2.24, 2.45) is 5.92 Å². The van der Waals surface area contributed by atoms with E-state index < -0.39 is 5.92 Å². The van der Waals surface area contributed by atoms with Gasteiger partial charge in [-0.3, -0.25) is 25.2 Å². The first-order chi connectivity index (χ1) is 13.0. The smallest absolute Gasteiger partial charge is 0.269 e. The highest BCUT2D eigenvalue weighted by molar-refractivity contribution is 6.01. The van der Waals surface area contributed by atoms with Crippen LogP contribution in [0.4, 0.5) is 5.69 Å². The summed E-state index contributed by atoms with van der Waals surface area (Å²) in [5.74, 6) is -1.34. The van der Waals surface area contributed by atoms with Gasteiger partial charge in [0.25, 0.3) is 5.91 Å². The second-order valence-corrected chi connectivity index (χ2v) is 6.73. The van der Waals surface area contributed by atoms with Gasteiger partial charge < -0.3 is 4.90 Å². The van der Waals surface area contributed by atoms with Gasteiger partial charge in [0.2, 0.25) is 11.8 Å². The van der Waals surface area contributed by atoms with Gasteiger partial charge >= 0.3 is 0 Å². The Hall–Kier alpha value is -3.15. The molecule has 1 aliphatic rings. The summed E-state index contributed by atoms with van der Waals surface area (Å²) in [7, 11) is 0. The fourth-order valence-electron chi connectivity index (χ4n) is 3.04. The molecule has 3 rings (SSSR count). The van der Waals surface area contributed by atoms with E-state index in [0.29, 0.717) is 12.1 Å². The molecule has 1 aliphatic heterocycles. The molecule has 0 radical (unpaired) electrons. The quantitative estimate of drug-likeness (QED) is 0.817. The van der Waals surface area contributed by atoms with Crippen LogP contribution in [0.15, 0.2) is 48.5 Å². The van der Waals surface area contributed by atoms with Crippen LogP contribution in [0.25, 0.3) is 0 Å². The summed E-state index contributed by atoms with van der Waals surface area (Å²) in [5, 5.41) is 0. The predicted octanol–water partition coefficient (Wildman–Crippen LogP) is 2.37. The van der Waals surface area contributed by atoms with E-state index in [1.807, 2.05) is 50.2 Å². The molecular weight excluding hydrogens is 342 g/mol. The number of rotatable bonds is 4. The summed E-state index contributed by atoms with van der Waals surface area (Å²) in [5.41, 5.74) is 8.35. The summed E-state index contributed by atoms with van der Waals surface area (Å²) >= 11 is 0. The van der Waals surface area contributed by atoms with Crippen molar-refractivity contribution < 1.29 is 14.4 Å². The molecule has 1 fully saturated rings. The van der Waals surface area contributed by atoms with Gasteiger partial charge in [-0.25, -0.2) is 0 Å². The average Bonchev–Trinajstić information content (AvgIpc) is 3.08. The molecule has 6 nitrogen and oxygen atoms in total. The lowest BCUT2D eigenvalue weighted by molar-refractivity contribution is -0.126. The zero-order valence-corrected chi connectivity index (χ0v) is 15.5. The van der Waals surface area contributed by atoms with E-state index >= 15 is 0 Å². The van der Waals surface area contributed by atoms with Gasteiger partial charge in [-0.05, 0) is 43.2 Å². The lowest BCUT2D eigenvalue weighted by atomic mass is 10.1. The zero-order chi connectivity index (χ0) is 19.4. The average molecular weight is 365 g/mol. The van der Waals surface area contributed by atoms with Crippen molar-refractivity contribution in [3.63, 3.8) is 0 Å². The van der Waals surface area contributed by atoms with E-state index in [1.165, 1.54) is 0 Å². The Kier molecular flexibility index (Phi) is 5.54. The van der Waals surface area contributed by atoms with Crippen LogP contribution in [-0.4, -0.2) is 24.3 Å². The van der Waals surface area contributed by atoms with Crippen molar-refractivity contribution in [2.45, 2.75) is 26.7 Å². The molecule has 140 valence electrons. The molecule has 3 amide bonds. The molecule has 1 heterocycles. The molecule has 2 N–H and O–H groups in total. The number of aryl methyl sites for hydroxylation is 2. The number of benzene rings is 2. The van der Waals surface area contributed by atoms with Crippen molar-refractivity contribution in [3.8, 4) is 0 Å². The molecule has 0 unspecified atom stereocenters. The third-order valence-electron chi connectivity index (χ3n) is 4.77. The van der Waals surface area contributed by atoms with E-state index in [-0.39, 0.29) is 24.1 Å². The van der Waals surface area contributed by atoms with E-state index in [4.69, 9.17) is 0 Å². The Labute approximate surface area is 158 Å². The molecule has 1 atom stereocenters. The van der Waals surface area contributed by atoms with Crippen molar-refractivity contribution >= 4 is 23.4 Å². The van der Waals surface area contributed by atoms with Crippen LogP contribution in [-0.2, 0) is 16.0 Å². The molecule has 27 heavy (non-hydrogen) atoms. The second kappa shape index (κ2) is 8.03. The number of carbonyl (C=O) groups is 3. The normalized spacial score (nSPS) is 16.3. The first kappa shape index (κ1) is 18.6. The molecule has 0 spiro atoms. The van der Waals surface area contributed by atoms with E-state index in [0.717, 1.165) is 23.2 Å². The minimum Gasteiger partial charge on any atom is -0.312 e. The number of amides is 3. The van der Waals surface area contributed by atoms with Crippen LogP contribution in [0.1, 0.15) is 34.8 Å². The minimum atomic E-state index is -0.499. The van der Waals surface area contributed by atoms with Gasteiger partial charge in [-0.2, -0.15) is 0 Å². The van der Waals surface area contributed by atoms with Crippen molar-refractivity contribution in [3.05, 3.63) is 65.2 Å². The topological polar surface area (TPSA) is 78.5 Å². The van der Waals surface area contributed by atoms with Gasteiger partial charge in [0.1, 0.15) is 0 Å². The zero-order valence-electron chi connectivity index (χ0n) is 15.5. The molecule has 0 aliphatic carbocycles. The highest BCUT2D eigenvalue weighted by Gasteiger charge is 2.35. The number of anilines is 1. The standard InChI is InChI=1S/C21H23N3O3/c1-3-15-6-8-16(9-7-15)20(26)22-23-21(27)17-12-19(25)24(13-17)18-10-4-14(2)5-11-18/h4-11,17H,3,12-13H2,1-2H3,(H,22,26)(H,23,27)/t17-/m1/s1. The fraction of sp³-hybridized carbons (Fsp3) is 0.286. The number of hydrogen-bond acceptors (Lipinski definition) is 3. The second-order valence-electron chi connectivity index (χ2n) is 6.73. The third kappa shape index (κ3) is 4.34. The Morgan fingerprint density at radius 3 is 2.33 bits per heavy atom. The highest BCUT2D eigenvalue weighted by Crippen LogP contribution is 2.25. The van der Waals surface area contributed by atoms with Gasteiger partial charge in [0.05, 0.1) is 5.92 Å². The Bertz CT molecular complexity index is 844. The molecular formula is C21H23N3O3. The van der Waals surface area contributed by atoms with Crippen LogP contribution < -0.4 is 15.8 Å². The predicted molar refractivity (Wildman–Crippen MR) is 103 cm³/mol. The van der Waals surface area contributed by atoms with E-state index in [9.17, 15) is 14.4 Å². The van der Waals surface area contributed by atoms with Crippen LogP contribution >= 0.6 is 0 Å². The van der Waals surface area contributed by atoms with E-state index in [1.54, 1.807) is 17.0 Å². The molecule has 6 heteroatoms. The lowest BCUT2D eigenvalue weighted by Crippen LogP contribution is -2.45. The Balaban J connectivity index is 1.55. The summed E-state index contributed by atoms with van der Waals surface area (Å²) in [4.78, 5) is 38.4. The van der Waals surface area contributed by atoms with Gasteiger partial charge in [-0.1, -0.05) is 36.8 Å². The molecule has 2 aromatic carbocycles. The maximum atomic E-state index is 12.4. The van der Waals surface area contributed by atoms with Crippen molar-refractivity contribution in [1.82, 2.24) is 10.9 Å². The van der Waals surface area contributed by atoms with E-state index in [2.05, 4.69) is 10.9 Å². The van der Waals surface area contributed by atoms with Crippen molar-refractivity contribution in [1.29, 1.82) is 0 Å². The lowest BCUT2D eigenvalue weighted by Gasteiger charge is -2.17. The van der Waals surface area contributed by atoms with Crippen LogP contribution in [0.3, 0.4) is 0 Å². The SMILES string of the molecule is CCc1ccc(C(=O)NNC(=O)[C@@H]2CC(=O)N(c3ccc(C)cc3)C2)cc1. The molecule has 1 saturated heterocycles. The number of nitrogens with one attached hydrogen (secondary N) is 2. The number of carbonyl (C=O) groups excluding carboxylic acids is 3. The van der Waals surface area contributed by atoms with Crippen LogP contribution in [0.2, 0.25) is 0 Å².